The summed E-state index contributed by atoms with van der Waals surface area (Å²) < 4.78 is 7.73. The Labute approximate surface area is 169 Å². The highest BCUT2D eigenvalue weighted by Gasteiger charge is 2.18. The molecule has 10 heteroatoms. The van der Waals surface area contributed by atoms with Crippen LogP contribution in [0.5, 0.6) is 0 Å². The number of urea groups is 1. The number of carbonyl (C=O) groups excluding carboxylic acids is 1. The van der Waals surface area contributed by atoms with Crippen LogP contribution in [0.1, 0.15) is 30.1 Å². The van der Waals surface area contributed by atoms with Crippen molar-refractivity contribution >= 4 is 50.6 Å². The van der Waals surface area contributed by atoms with E-state index in [2.05, 4.69) is 41.6 Å². The summed E-state index contributed by atoms with van der Waals surface area (Å²) in [7, 11) is 1.61. The largest absolute Gasteiger partial charge is 0.377 e. The molecule has 3 aromatic rings. The molecule has 0 spiro atoms. The van der Waals surface area contributed by atoms with Crippen LogP contribution >= 0.6 is 27.5 Å². The van der Waals surface area contributed by atoms with E-state index in [1.165, 1.54) is 4.52 Å². The zero-order valence-corrected chi connectivity index (χ0v) is 17.5. The molecule has 2 N–H and O–H groups in total. The number of aromatic nitrogens is 4. The molecule has 0 aliphatic carbocycles. The first-order chi connectivity index (χ1) is 12.8. The smallest absolute Gasteiger partial charge is 0.323 e. The first kappa shape index (κ1) is 19.5. The lowest BCUT2D eigenvalue weighted by Gasteiger charge is -2.18. The van der Waals surface area contributed by atoms with Crippen LogP contribution in [0.2, 0.25) is 5.02 Å². The van der Waals surface area contributed by atoms with Crippen molar-refractivity contribution in [3.8, 4) is 0 Å². The molecule has 3 rings (SSSR count). The number of ether oxygens (including phenoxy) is 1. The topological polar surface area (TPSA) is 93.4 Å². The van der Waals surface area contributed by atoms with Crippen LogP contribution in [0.25, 0.3) is 5.65 Å². The van der Waals surface area contributed by atoms with Gasteiger partial charge in [-0.15, -0.1) is 0 Å². The standard InChI is InChI=1S/C17H18BrClN6O2/c1-8-15(18)14(9(2)27-4)13(6-20-8)23-17(26)22-11-5-12(19)16-21-10(3)24-25(16)7-11/h5-7,9H,1-4H3,(H2,22,23,26). The van der Waals surface area contributed by atoms with Crippen molar-refractivity contribution in [1.29, 1.82) is 0 Å². The lowest BCUT2D eigenvalue weighted by atomic mass is 10.1. The molecule has 2 amide bonds. The van der Waals surface area contributed by atoms with Gasteiger partial charge >= 0.3 is 6.03 Å². The van der Waals surface area contributed by atoms with Gasteiger partial charge in [-0.25, -0.2) is 14.3 Å². The molecule has 0 aliphatic rings. The van der Waals surface area contributed by atoms with Crippen LogP contribution in [0.4, 0.5) is 16.2 Å². The second kappa shape index (κ2) is 7.79. The molecule has 0 bridgehead atoms. The number of hydrogen-bond donors (Lipinski definition) is 2. The first-order valence-electron chi connectivity index (χ1n) is 8.08. The predicted octanol–water partition coefficient (Wildman–Crippen LogP) is 4.51. The number of carbonyl (C=O) groups is 1. The predicted molar refractivity (Wildman–Crippen MR) is 107 cm³/mol. The lowest BCUT2D eigenvalue weighted by molar-refractivity contribution is 0.119. The minimum absolute atomic E-state index is 0.236. The van der Waals surface area contributed by atoms with Gasteiger partial charge in [0.15, 0.2) is 5.65 Å². The van der Waals surface area contributed by atoms with Gasteiger partial charge < -0.3 is 15.4 Å². The van der Waals surface area contributed by atoms with Gasteiger partial charge in [-0.2, -0.15) is 5.10 Å². The van der Waals surface area contributed by atoms with E-state index >= 15 is 0 Å². The van der Waals surface area contributed by atoms with Gasteiger partial charge in [-0.05, 0) is 42.8 Å². The zero-order valence-electron chi connectivity index (χ0n) is 15.2. The molecule has 3 heterocycles. The van der Waals surface area contributed by atoms with Gasteiger partial charge in [-0.1, -0.05) is 11.6 Å². The van der Waals surface area contributed by atoms with Crippen LogP contribution in [0, 0.1) is 13.8 Å². The second-order valence-corrected chi connectivity index (χ2v) is 7.15. The van der Waals surface area contributed by atoms with Crippen molar-refractivity contribution in [2.45, 2.75) is 26.9 Å². The average molecular weight is 454 g/mol. The molecule has 1 unspecified atom stereocenters. The Morgan fingerprint density at radius 1 is 1.37 bits per heavy atom. The first-order valence-corrected chi connectivity index (χ1v) is 9.25. The van der Waals surface area contributed by atoms with Crippen molar-refractivity contribution in [1.82, 2.24) is 19.6 Å². The number of amides is 2. The molecule has 0 saturated heterocycles. The van der Waals surface area contributed by atoms with Gasteiger partial charge in [0.1, 0.15) is 5.82 Å². The van der Waals surface area contributed by atoms with Crippen molar-refractivity contribution in [2.24, 2.45) is 0 Å². The van der Waals surface area contributed by atoms with Crippen molar-refractivity contribution in [2.75, 3.05) is 17.7 Å². The number of aryl methyl sites for hydroxylation is 2. The highest BCUT2D eigenvalue weighted by molar-refractivity contribution is 9.10. The fraction of sp³-hybridized carbons (Fsp3) is 0.294. The van der Waals surface area contributed by atoms with Gasteiger partial charge in [0.2, 0.25) is 0 Å². The molecule has 0 aliphatic heterocycles. The number of methoxy groups -OCH3 is 1. The number of rotatable bonds is 4. The summed E-state index contributed by atoms with van der Waals surface area (Å²) in [6, 6.07) is 1.18. The van der Waals surface area contributed by atoms with E-state index in [1.54, 1.807) is 32.5 Å². The second-order valence-electron chi connectivity index (χ2n) is 5.95. The minimum Gasteiger partial charge on any atom is -0.377 e. The Balaban J connectivity index is 1.85. The van der Waals surface area contributed by atoms with Crippen molar-refractivity contribution in [3.63, 3.8) is 0 Å². The zero-order chi connectivity index (χ0) is 19.7. The fourth-order valence-electron chi connectivity index (χ4n) is 2.62. The highest BCUT2D eigenvalue weighted by Crippen LogP contribution is 2.33. The number of anilines is 2. The summed E-state index contributed by atoms with van der Waals surface area (Å²) >= 11 is 9.73. The molecule has 142 valence electrons. The van der Waals surface area contributed by atoms with Crippen LogP contribution < -0.4 is 10.6 Å². The molecule has 8 nitrogen and oxygen atoms in total. The Bertz CT molecular complexity index is 1020. The number of halogens is 2. The normalized spacial score (nSPS) is 12.2. The Hall–Kier alpha value is -2.23. The Morgan fingerprint density at radius 2 is 2.11 bits per heavy atom. The summed E-state index contributed by atoms with van der Waals surface area (Å²) in [6.07, 6.45) is 3.00. The van der Waals surface area contributed by atoms with Gasteiger partial charge in [0.05, 0.1) is 40.6 Å². The lowest BCUT2D eigenvalue weighted by Crippen LogP contribution is -2.21. The third kappa shape index (κ3) is 4.05. The number of pyridine rings is 2. The minimum atomic E-state index is -0.440. The highest BCUT2D eigenvalue weighted by atomic mass is 79.9. The summed E-state index contributed by atoms with van der Waals surface area (Å²) in [5.41, 5.74) is 3.17. The number of hydrogen-bond acceptors (Lipinski definition) is 5. The van der Waals surface area contributed by atoms with E-state index in [0.717, 1.165) is 15.7 Å². The SMILES string of the molecule is COC(C)c1c(NC(=O)Nc2cc(Cl)c3nc(C)nn3c2)cnc(C)c1Br. The van der Waals surface area contributed by atoms with Crippen LogP contribution in [-0.4, -0.2) is 32.7 Å². The maximum Gasteiger partial charge on any atom is 0.323 e. The summed E-state index contributed by atoms with van der Waals surface area (Å²) in [5, 5.41) is 10.2. The molecule has 3 aromatic heterocycles. The maximum atomic E-state index is 12.5. The summed E-state index contributed by atoms with van der Waals surface area (Å²) in [5.74, 6) is 0.590. The third-order valence-corrected chi connectivity index (χ3v) is 5.27. The number of nitrogens with one attached hydrogen (secondary N) is 2. The van der Waals surface area contributed by atoms with E-state index < -0.39 is 6.03 Å². The molecule has 0 saturated carbocycles. The fourth-order valence-corrected chi connectivity index (χ4v) is 3.51. The quantitative estimate of drug-likeness (QED) is 0.606. The molecular weight excluding hydrogens is 436 g/mol. The molecule has 0 aromatic carbocycles. The van der Waals surface area contributed by atoms with E-state index in [9.17, 15) is 4.79 Å². The Kier molecular flexibility index (Phi) is 5.64. The van der Waals surface area contributed by atoms with E-state index in [4.69, 9.17) is 16.3 Å². The summed E-state index contributed by atoms with van der Waals surface area (Å²) in [6.45, 7) is 5.53. The summed E-state index contributed by atoms with van der Waals surface area (Å²) in [4.78, 5) is 21.0. The van der Waals surface area contributed by atoms with Gasteiger partial charge in [0, 0.05) is 17.1 Å². The molecule has 0 radical (unpaired) electrons. The van der Waals surface area contributed by atoms with Crippen LogP contribution in [-0.2, 0) is 4.74 Å². The van der Waals surface area contributed by atoms with Crippen molar-refractivity contribution < 1.29 is 9.53 Å². The maximum absolute atomic E-state index is 12.5. The third-order valence-electron chi connectivity index (χ3n) is 3.99. The van der Waals surface area contributed by atoms with E-state index in [-0.39, 0.29) is 6.10 Å². The van der Waals surface area contributed by atoms with Crippen LogP contribution in [0.3, 0.4) is 0 Å². The van der Waals surface area contributed by atoms with E-state index in [1.807, 2.05) is 13.8 Å². The molecular formula is C17H18BrClN6O2. The van der Waals surface area contributed by atoms with E-state index in [0.29, 0.717) is 27.9 Å². The molecule has 1 atom stereocenters. The van der Waals surface area contributed by atoms with Gasteiger partial charge in [-0.3, -0.25) is 4.98 Å². The molecule has 27 heavy (non-hydrogen) atoms. The number of fused-ring (bicyclic) bond motifs is 1. The monoisotopic (exact) mass is 452 g/mol. The molecule has 0 fully saturated rings. The average Bonchev–Trinajstić information content (AvgIpc) is 2.98. The Morgan fingerprint density at radius 3 is 2.81 bits per heavy atom. The van der Waals surface area contributed by atoms with Crippen molar-refractivity contribution in [3.05, 3.63) is 45.0 Å². The van der Waals surface area contributed by atoms with Crippen LogP contribution in [0.15, 0.2) is 22.9 Å². The van der Waals surface area contributed by atoms with Gasteiger partial charge in [0.25, 0.3) is 0 Å². The number of nitrogens with zero attached hydrogens (tertiary/aromatic N) is 4.